The first-order valence-electron chi connectivity index (χ1n) is 5.01. The molecule has 2 unspecified atom stereocenters. The van der Waals surface area contributed by atoms with Crippen molar-refractivity contribution < 1.29 is 32.7 Å². The summed E-state index contributed by atoms with van der Waals surface area (Å²) < 4.78 is 42.0. The van der Waals surface area contributed by atoms with E-state index in [1.807, 2.05) is 0 Å². The van der Waals surface area contributed by atoms with Crippen molar-refractivity contribution in [2.45, 2.75) is 44.6 Å². The number of hydrogen-bond acceptors (Lipinski definition) is 4. The SMILES string of the molecule is CC(C)(C)OC(=O)NC1C(=O)N(O)C1C(F)(F)F. The predicted octanol–water partition coefficient (Wildman–Crippen LogP) is 1.04. The molecule has 1 saturated heterocycles. The highest BCUT2D eigenvalue weighted by molar-refractivity contribution is 5.91. The van der Waals surface area contributed by atoms with E-state index < -0.39 is 40.9 Å². The van der Waals surface area contributed by atoms with Crippen LogP contribution in [0.3, 0.4) is 0 Å². The number of β-lactam (4-membered cyclic amide) rings is 1. The first kappa shape index (κ1) is 14.6. The Balaban J connectivity index is 2.67. The Morgan fingerprint density at radius 1 is 1.39 bits per heavy atom. The van der Waals surface area contributed by atoms with E-state index in [9.17, 15) is 22.8 Å². The maximum Gasteiger partial charge on any atom is 0.413 e. The van der Waals surface area contributed by atoms with Gasteiger partial charge in [-0.25, -0.2) is 9.86 Å². The van der Waals surface area contributed by atoms with Gasteiger partial charge >= 0.3 is 12.3 Å². The molecule has 1 aliphatic heterocycles. The van der Waals surface area contributed by atoms with Gasteiger partial charge in [-0.3, -0.25) is 10.0 Å². The second-order valence-electron chi connectivity index (χ2n) is 4.79. The zero-order valence-electron chi connectivity index (χ0n) is 9.91. The number of alkyl halides is 3. The Hall–Kier alpha value is -1.51. The lowest BCUT2D eigenvalue weighted by atomic mass is 9.98. The van der Waals surface area contributed by atoms with E-state index in [0.717, 1.165) is 0 Å². The zero-order chi connectivity index (χ0) is 14.3. The molecule has 0 radical (unpaired) electrons. The van der Waals surface area contributed by atoms with E-state index >= 15 is 0 Å². The Labute approximate surface area is 101 Å². The molecule has 1 fully saturated rings. The van der Waals surface area contributed by atoms with E-state index in [4.69, 9.17) is 9.94 Å². The average molecular weight is 270 g/mol. The highest BCUT2D eigenvalue weighted by atomic mass is 19.4. The molecule has 0 spiro atoms. The molecule has 104 valence electrons. The maximum atomic E-state index is 12.4. The molecule has 2 N–H and O–H groups in total. The number of hydrogen-bond donors (Lipinski definition) is 2. The van der Waals surface area contributed by atoms with Crippen molar-refractivity contribution in [3.63, 3.8) is 0 Å². The van der Waals surface area contributed by atoms with Crippen molar-refractivity contribution in [2.75, 3.05) is 0 Å². The van der Waals surface area contributed by atoms with Crippen LogP contribution >= 0.6 is 0 Å². The van der Waals surface area contributed by atoms with Gasteiger partial charge in [-0.1, -0.05) is 0 Å². The topological polar surface area (TPSA) is 78.9 Å². The molecule has 1 rings (SSSR count). The number of amides is 2. The van der Waals surface area contributed by atoms with E-state index in [1.54, 1.807) is 5.32 Å². The number of hydroxylamine groups is 2. The molecular formula is C9H13F3N2O4. The molecule has 1 aliphatic rings. The summed E-state index contributed by atoms with van der Waals surface area (Å²) in [7, 11) is 0. The average Bonchev–Trinajstić information content (AvgIpc) is 2.11. The lowest BCUT2D eigenvalue weighted by molar-refractivity contribution is -0.282. The number of halogens is 3. The molecular weight excluding hydrogens is 257 g/mol. The molecule has 0 saturated carbocycles. The van der Waals surface area contributed by atoms with E-state index in [2.05, 4.69) is 0 Å². The van der Waals surface area contributed by atoms with Crippen LogP contribution < -0.4 is 5.32 Å². The number of carbonyl (C=O) groups excluding carboxylic acids is 2. The zero-order valence-corrected chi connectivity index (χ0v) is 9.91. The summed E-state index contributed by atoms with van der Waals surface area (Å²) in [4.78, 5) is 22.3. The van der Waals surface area contributed by atoms with Crippen LogP contribution in [0.5, 0.6) is 0 Å². The summed E-state index contributed by atoms with van der Waals surface area (Å²) in [6, 6.07) is -4.30. The van der Waals surface area contributed by atoms with E-state index in [-0.39, 0.29) is 0 Å². The van der Waals surface area contributed by atoms with Crippen LogP contribution in [0.2, 0.25) is 0 Å². The van der Waals surface area contributed by atoms with Gasteiger partial charge in [0, 0.05) is 0 Å². The summed E-state index contributed by atoms with van der Waals surface area (Å²) >= 11 is 0. The fourth-order valence-corrected chi connectivity index (χ4v) is 1.38. The lowest BCUT2D eigenvalue weighted by Gasteiger charge is -2.43. The minimum absolute atomic E-state index is 0.456. The van der Waals surface area contributed by atoms with Gasteiger partial charge in [0.25, 0.3) is 5.91 Å². The van der Waals surface area contributed by atoms with Crippen LogP contribution in [0.25, 0.3) is 0 Å². The third kappa shape index (κ3) is 3.03. The minimum atomic E-state index is -4.83. The van der Waals surface area contributed by atoms with Crippen molar-refractivity contribution in [2.24, 2.45) is 0 Å². The van der Waals surface area contributed by atoms with Crippen LogP contribution in [-0.4, -0.2) is 46.1 Å². The molecule has 1 heterocycles. The van der Waals surface area contributed by atoms with Crippen LogP contribution in [0.4, 0.5) is 18.0 Å². The molecule has 2 amide bonds. The van der Waals surface area contributed by atoms with Gasteiger partial charge in [-0.15, -0.1) is 0 Å². The van der Waals surface area contributed by atoms with Gasteiger partial charge in [0.05, 0.1) is 0 Å². The fourth-order valence-electron chi connectivity index (χ4n) is 1.38. The highest BCUT2D eigenvalue weighted by Gasteiger charge is 2.62. The molecule has 0 aromatic rings. The molecule has 9 heteroatoms. The molecule has 0 aromatic heterocycles. The standard InChI is InChI=1S/C9H13F3N2O4/c1-8(2,3)18-7(16)13-4-5(9(10,11)12)14(17)6(4)15/h4-5,17H,1-3H3,(H,13,16). The number of alkyl carbamates (subject to hydrolysis) is 1. The monoisotopic (exact) mass is 270 g/mol. The van der Waals surface area contributed by atoms with Crippen LogP contribution in [0.15, 0.2) is 0 Å². The quantitative estimate of drug-likeness (QED) is 0.551. The van der Waals surface area contributed by atoms with Crippen molar-refractivity contribution in [1.29, 1.82) is 0 Å². The smallest absolute Gasteiger partial charge is 0.413 e. The Kier molecular flexibility index (Phi) is 3.48. The third-order valence-corrected chi connectivity index (χ3v) is 2.08. The predicted molar refractivity (Wildman–Crippen MR) is 51.6 cm³/mol. The lowest BCUT2D eigenvalue weighted by Crippen LogP contribution is -2.74. The summed E-state index contributed by atoms with van der Waals surface area (Å²) in [6.45, 7) is 4.57. The van der Waals surface area contributed by atoms with Crippen molar-refractivity contribution in [3.05, 3.63) is 0 Å². The van der Waals surface area contributed by atoms with Crippen LogP contribution in [0.1, 0.15) is 20.8 Å². The van der Waals surface area contributed by atoms with Crippen molar-refractivity contribution in [3.8, 4) is 0 Å². The Morgan fingerprint density at radius 3 is 2.28 bits per heavy atom. The first-order chi connectivity index (χ1) is 7.93. The maximum absolute atomic E-state index is 12.4. The van der Waals surface area contributed by atoms with Gasteiger partial charge in [0.15, 0.2) is 6.04 Å². The van der Waals surface area contributed by atoms with Crippen molar-refractivity contribution >= 4 is 12.0 Å². The fraction of sp³-hybridized carbons (Fsp3) is 0.778. The number of ether oxygens (including phenoxy) is 1. The summed E-state index contributed by atoms with van der Waals surface area (Å²) in [5.41, 5.74) is -0.899. The number of nitrogens with zero attached hydrogens (tertiary/aromatic N) is 1. The minimum Gasteiger partial charge on any atom is -0.444 e. The first-order valence-corrected chi connectivity index (χ1v) is 5.01. The van der Waals surface area contributed by atoms with Gasteiger partial charge in [-0.05, 0) is 20.8 Å². The molecule has 0 aliphatic carbocycles. The largest absolute Gasteiger partial charge is 0.444 e. The second kappa shape index (κ2) is 4.30. The molecule has 0 bridgehead atoms. The Bertz CT molecular complexity index is 364. The van der Waals surface area contributed by atoms with Crippen LogP contribution in [0, 0.1) is 0 Å². The molecule has 2 atom stereocenters. The second-order valence-corrected chi connectivity index (χ2v) is 4.79. The Morgan fingerprint density at radius 2 is 1.89 bits per heavy atom. The van der Waals surface area contributed by atoms with E-state index in [0.29, 0.717) is 0 Å². The number of nitrogens with one attached hydrogen (secondary N) is 1. The number of carbonyl (C=O) groups is 2. The van der Waals surface area contributed by atoms with Gasteiger partial charge < -0.3 is 10.1 Å². The summed E-state index contributed by atoms with van der Waals surface area (Å²) in [5.74, 6) is -1.23. The van der Waals surface area contributed by atoms with Crippen LogP contribution in [-0.2, 0) is 9.53 Å². The normalized spacial score (nSPS) is 24.6. The third-order valence-electron chi connectivity index (χ3n) is 2.08. The van der Waals surface area contributed by atoms with Gasteiger partial charge in [0.1, 0.15) is 11.6 Å². The van der Waals surface area contributed by atoms with Gasteiger partial charge in [0.2, 0.25) is 0 Å². The molecule has 6 nitrogen and oxygen atoms in total. The van der Waals surface area contributed by atoms with Crippen molar-refractivity contribution in [1.82, 2.24) is 10.4 Å². The summed E-state index contributed by atoms with van der Waals surface area (Å²) in [6.07, 6.45) is -5.98. The summed E-state index contributed by atoms with van der Waals surface area (Å²) in [5, 5.41) is 10.1. The van der Waals surface area contributed by atoms with E-state index in [1.165, 1.54) is 20.8 Å². The molecule has 18 heavy (non-hydrogen) atoms. The molecule has 0 aromatic carbocycles. The van der Waals surface area contributed by atoms with Gasteiger partial charge in [-0.2, -0.15) is 13.2 Å². The number of rotatable bonds is 1. The highest BCUT2D eigenvalue weighted by Crippen LogP contribution is 2.33.